The third kappa shape index (κ3) is 3.27. The number of rotatable bonds is 4. The number of amides is 1. The molecule has 0 bridgehead atoms. The van der Waals surface area contributed by atoms with E-state index in [9.17, 15) is 9.59 Å². The molecule has 1 aromatic carbocycles. The van der Waals surface area contributed by atoms with Crippen LogP contribution in [0.4, 0.5) is 5.69 Å². The smallest absolute Gasteiger partial charge is 0.335 e. The van der Waals surface area contributed by atoms with Crippen LogP contribution in [0.3, 0.4) is 0 Å². The van der Waals surface area contributed by atoms with Crippen LogP contribution in [0.2, 0.25) is 0 Å². The van der Waals surface area contributed by atoms with E-state index in [1.54, 1.807) is 19.1 Å². The van der Waals surface area contributed by atoms with Crippen LogP contribution in [0.25, 0.3) is 0 Å². The topological polar surface area (TPSA) is 66.4 Å². The van der Waals surface area contributed by atoms with Crippen LogP contribution in [-0.2, 0) is 4.79 Å². The van der Waals surface area contributed by atoms with E-state index in [0.717, 1.165) is 0 Å². The van der Waals surface area contributed by atoms with Crippen molar-refractivity contribution in [3.8, 4) is 0 Å². The highest BCUT2D eigenvalue weighted by Crippen LogP contribution is 2.11. The number of carboxylic acids is 1. The number of benzene rings is 1. The first kappa shape index (κ1) is 12.6. The van der Waals surface area contributed by atoms with Crippen molar-refractivity contribution in [2.75, 3.05) is 11.1 Å². The standard InChI is InChI=1S/C11H13NO3S/c1-7(6-16)10(13)12-9-4-2-8(3-5-9)11(14)15/h2-5,7,16H,6H2,1H3,(H,12,13)(H,14,15)/t7-/m1/s1. The van der Waals surface area contributed by atoms with Gasteiger partial charge in [0.2, 0.25) is 5.91 Å². The molecule has 0 aromatic heterocycles. The quantitative estimate of drug-likeness (QED) is 0.703. The van der Waals surface area contributed by atoms with E-state index in [2.05, 4.69) is 17.9 Å². The number of hydrogen-bond donors (Lipinski definition) is 3. The second-order valence-electron chi connectivity index (χ2n) is 3.46. The van der Waals surface area contributed by atoms with Gasteiger partial charge in [0, 0.05) is 17.4 Å². The van der Waals surface area contributed by atoms with Gasteiger partial charge >= 0.3 is 5.97 Å². The van der Waals surface area contributed by atoms with Crippen LogP contribution >= 0.6 is 12.6 Å². The fourth-order valence-corrected chi connectivity index (χ4v) is 1.21. The summed E-state index contributed by atoms with van der Waals surface area (Å²) in [4.78, 5) is 22.1. The van der Waals surface area contributed by atoms with Crippen molar-refractivity contribution in [1.29, 1.82) is 0 Å². The minimum absolute atomic E-state index is 0.127. The lowest BCUT2D eigenvalue weighted by Crippen LogP contribution is -2.21. The third-order valence-corrected chi connectivity index (χ3v) is 2.67. The van der Waals surface area contributed by atoms with Crippen LogP contribution in [0.5, 0.6) is 0 Å². The van der Waals surface area contributed by atoms with E-state index < -0.39 is 5.97 Å². The molecule has 16 heavy (non-hydrogen) atoms. The van der Waals surface area contributed by atoms with Gasteiger partial charge in [0.1, 0.15) is 0 Å². The molecule has 0 aliphatic rings. The first-order chi connectivity index (χ1) is 7.54. The van der Waals surface area contributed by atoms with Crippen molar-refractivity contribution in [2.45, 2.75) is 6.92 Å². The Morgan fingerprint density at radius 3 is 2.38 bits per heavy atom. The highest BCUT2D eigenvalue weighted by atomic mass is 32.1. The Labute approximate surface area is 99.1 Å². The lowest BCUT2D eigenvalue weighted by Gasteiger charge is -2.09. The maximum atomic E-state index is 11.5. The summed E-state index contributed by atoms with van der Waals surface area (Å²) < 4.78 is 0. The van der Waals surface area contributed by atoms with Gasteiger partial charge in [0.25, 0.3) is 0 Å². The molecule has 4 nitrogen and oxygen atoms in total. The minimum Gasteiger partial charge on any atom is -0.478 e. The van der Waals surface area contributed by atoms with Gasteiger partial charge in [-0.2, -0.15) is 12.6 Å². The van der Waals surface area contributed by atoms with Crippen LogP contribution in [0.15, 0.2) is 24.3 Å². The number of hydrogen-bond acceptors (Lipinski definition) is 3. The number of thiol groups is 1. The summed E-state index contributed by atoms with van der Waals surface area (Å²) in [6.45, 7) is 1.77. The van der Waals surface area contributed by atoms with Gasteiger partial charge in [-0.3, -0.25) is 4.79 Å². The van der Waals surface area contributed by atoms with E-state index in [1.165, 1.54) is 12.1 Å². The lowest BCUT2D eigenvalue weighted by molar-refractivity contribution is -0.118. The largest absolute Gasteiger partial charge is 0.478 e. The van der Waals surface area contributed by atoms with Crippen molar-refractivity contribution in [2.24, 2.45) is 5.92 Å². The highest BCUT2D eigenvalue weighted by Gasteiger charge is 2.11. The summed E-state index contributed by atoms with van der Waals surface area (Å²) in [5.74, 6) is -0.818. The molecule has 5 heteroatoms. The Balaban J connectivity index is 2.69. The average Bonchev–Trinajstić information content (AvgIpc) is 2.28. The Hall–Kier alpha value is -1.49. The summed E-state index contributed by atoms with van der Waals surface area (Å²) in [6, 6.07) is 6.02. The predicted octanol–water partition coefficient (Wildman–Crippen LogP) is 1.89. The number of anilines is 1. The summed E-state index contributed by atoms with van der Waals surface area (Å²) in [6.07, 6.45) is 0. The normalized spacial score (nSPS) is 11.9. The molecule has 0 unspecified atom stereocenters. The zero-order valence-electron chi connectivity index (χ0n) is 8.80. The maximum absolute atomic E-state index is 11.5. The van der Waals surface area contributed by atoms with E-state index in [4.69, 9.17) is 5.11 Å². The van der Waals surface area contributed by atoms with Crippen molar-refractivity contribution >= 4 is 30.2 Å². The van der Waals surface area contributed by atoms with Crippen LogP contribution < -0.4 is 5.32 Å². The molecule has 0 saturated carbocycles. The summed E-state index contributed by atoms with van der Waals surface area (Å²) in [5, 5.41) is 11.4. The van der Waals surface area contributed by atoms with Crippen molar-refractivity contribution in [3.63, 3.8) is 0 Å². The molecule has 0 radical (unpaired) electrons. The maximum Gasteiger partial charge on any atom is 0.335 e. The zero-order valence-corrected chi connectivity index (χ0v) is 9.70. The zero-order chi connectivity index (χ0) is 12.1. The first-order valence-electron chi connectivity index (χ1n) is 4.79. The molecule has 1 amide bonds. The molecule has 1 rings (SSSR count). The third-order valence-electron chi connectivity index (χ3n) is 2.12. The molecule has 0 fully saturated rings. The molecule has 0 spiro atoms. The fraction of sp³-hybridized carbons (Fsp3) is 0.273. The molecule has 0 aliphatic carbocycles. The second-order valence-corrected chi connectivity index (χ2v) is 3.82. The molecular formula is C11H13NO3S. The number of carbonyl (C=O) groups is 2. The van der Waals surface area contributed by atoms with Gasteiger partial charge in [-0.1, -0.05) is 6.92 Å². The Bertz CT molecular complexity index is 389. The predicted molar refractivity (Wildman–Crippen MR) is 65.0 cm³/mol. The molecule has 0 saturated heterocycles. The Kier molecular flexibility index (Phi) is 4.37. The Morgan fingerprint density at radius 2 is 1.94 bits per heavy atom. The van der Waals surface area contributed by atoms with Crippen molar-refractivity contribution in [1.82, 2.24) is 0 Å². The Morgan fingerprint density at radius 1 is 1.38 bits per heavy atom. The average molecular weight is 239 g/mol. The van der Waals surface area contributed by atoms with Gasteiger partial charge in [0.15, 0.2) is 0 Å². The van der Waals surface area contributed by atoms with Crippen LogP contribution in [-0.4, -0.2) is 22.7 Å². The van der Waals surface area contributed by atoms with Crippen LogP contribution in [0.1, 0.15) is 17.3 Å². The number of carboxylic acid groups (broad SMARTS) is 1. The molecule has 2 N–H and O–H groups in total. The summed E-state index contributed by atoms with van der Waals surface area (Å²) in [7, 11) is 0. The molecule has 0 aliphatic heterocycles. The first-order valence-corrected chi connectivity index (χ1v) is 5.43. The van der Waals surface area contributed by atoms with Gasteiger partial charge < -0.3 is 10.4 Å². The number of aromatic carboxylic acids is 1. The van der Waals surface area contributed by atoms with Crippen molar-refractivity contribution in [3.05, 3.63) is 29.8 Å². The molecular weight excluding hydrogens is 226 g/mol. The summed E-state index contributed by atoms with van der Waals surface area (Å²) in [5.41, 5.74) is 0.781. The van der Waals surface area contributed by atoms with Gasteiger partial charge in [-0.05, 0) is 24.3 Å². The van der Waals surface area contributed by atoms with Crippen molar-refractivity contribution < 1.29 is 14.7 Å². The van der Waals surface area contributed by atoms with E-state index in [-0.39, 0.29) is 17.4 Å². The minimum atomic E-state index is -0.985. The molecule has 1 aromatic rings. The fourth-order valence-electron chi connectivity index (χ4n) is 1.04. The van der Waals surface area contributed by atoms with E-state index in [0.29, 0.717) is 11.4 Å². The number of carbonyl (C=O) groups excluding carboxylic acids is 1. The SMILES string of the molecule is C[C@H](CS)C(=O)Nc1ccc(C(=O)O)cc1. The van der Waals surface area contributed by atoms with Gasteiger partial charge in [0.05, 0.1) is 5.56 Å². The monoisotopic (exact) mass is 239 g/mol. The van der Waals surface area contributed by atoms with Crippen LogP contribution in [0, 0.1) is 5.92 Å². The molecule has 0 heterocycles. The second kappa shape index (κ2) is 5.55. The van der Waals surface area contributed by atoms with E-state index >= 15 is 0 Å². The summed E-state index contributed by atoms with van der Waals surface area (Å²) >= 11 is 4.03. The lowest BCUT2D eigenvalue weighted by atomic mass is 10.1. The van der Waals surface area contributed by atoms with Gasteiger partial charge in [-0.15, -0.1) is 0 Å². The molecule has 86 valence electrons. The molecule has 1 atom stereocenters. The van der Waals surface area contributed by atoms with E-state index in [1.807, 2.05) is 0 Å². The van der Waals surface area contributed by atoms with Gasteiger partial charge in [-0.25, -0.2) is 4.79 Å². The number of nitrogens with one attached hydrogen (secondary N) is 1. The highest BCUT2D eigenvalue weighted by molar-refractivity contribution is 7.80.